The van der Waals surface area contributed by atoms with E-state index in [1.54, 1.807) is 6.20 Å². The maximum Gasteiger partial charge on any atom is 0.355 e. The lowest BCUT2D eigenvalue weighted by Gasteiger charge is -2.24. The van der Waals surface area contributed by atoms with Crippen molar-refractivity contribution >= 4 is 5.95 Å². The molecule has 0 spiro atoms. The van der Waals surface area contributed by atoms with Crippen LogP contribution in [0.2, 0.25) is 0 Å². The predicted octanol–water partition coefficient (Wildman–Crippen LogP) is 1.80. The van der Waals surface area contributed by atoms with Crippen LogP contribution in [0.25, 0.3) is 0 Å². The first-order chi connectivity index (χ1) is 13.0. The Hall–Kier alpha value is -3.16. The van der Waals surface area contributed by atoms with Gasteiger partial charge in [-0.05, 0) is 31.9 Å². The van der Waals surface area contributed by atoms with Crippen molar-refractivity contribution < 1.29 is 0 Å². The van der Waals surface area contributed by atoms with E-state index in [4.69, 9.17) is 0 Å². The molecule has 1 aromatic carbocycles. The zero-order valence-electron chi connectivity index (χ0n) is 15.3. The van der Waals surface area contributed by atoms with Gasteiger partial charge in [0.25, 0.3) is 0 Å². The van der Waals surface area contributed by atoms with Crippen LogP contribution in [0.3, 0.4) is 0 Å². The van der Waals surface area contributed by atoms with Gasteiger partial charge in [0.2, 0.25) is 5.95 Å². The molecule has 0 saturated carbocycles. The highest BCUT2D eigenvalue weighted by Gasteiger charge is 2.24. The zero-order valence-corrected chi connectivity index (χ0v) is 15.3. The van der Waals surface area contributed by atoms with Gasteiger partial charge in [0.1, 0.15) is 0 Å². The molecule has 2 N–H and O–H groups in total. The summed E-state index contributed by atoms with van der Waals surface area (Å²) in [6, 6.07) is 9.67. The summed E-state index contributed by atoms with van der Waals surface area (Å²) in [6.07, 6.45) is 3.01. The molecule has 3 aromatic rings. The predicted molar refractivity (Wildman–Crippen MR) is 102 cm³/mol. The van der Waals surface area contributed by atoms with E-state index in [2.05, 4.69) is 26.4 Å². The molecule has 1 unspecified atom stereocenters. The van der Waals surface area contributed by atoms with Crippen molar-refractivity contribution in [2.75, 3.05) is 5.32 Å². The number of benzene rings is 1. The molecule has 0 fully saturated rings. The lowest BCUT2D eigenvalue weighted by Crippen LogP contribution is -2.42. The average molecular weight is 366 g/mol. The zero-order chi connectivity index (χ0) is 19.0. The summed E-state index contributed by atoms with van der Waals surface area (Å²) in [5, 5.41) is 7.34. The minimum Gasteiger partial charge on any atom is -0.349 e. The second-order valence-electron chi connectivity index (χ2n) is 7.02. The Morgan fingerprint density at radius 2 is 2.15 bits per heavy atom. The Labute approximate surface area is 155 Å². The first-order valence-electron chi connectivity index (χ1n) is 9.08. The van der Waals surface area contributed by atoms with Crippen molar-refractivity contribution in [2.45, 2.75) is 45.3 Å². The van der Waals surface area contributed by atoms with Crippen LogP contribution in [0.4, 0.5) is 5.95 Å². The van der Waals surface area contributed by atoms with E-state index >= 15 is 0 Å². The van der Waals surface area contributed by atoms with Crippen molar-refractivity contribution in [2.24, 2.45) is 0 Å². The molecule has 8 nitrogen and oxygen atoms in total. The number of hydrogen-bond donors (Lipinski definition) is 2. The monoisotopic (exact) mass is 366 g/mol. The van der Waals surface area contributed by atoms with E-state index < -0.39 is 11.4 Å². The Balaban J connectivity index is 1.57. The summed E-state index contributed by atoms with van der Waals surface area (Å²) in [6.45, 7) is 4.67. The number of rotatable bonds is 4. The number of aromatic amines is 1. The van der Waals surface area contributed by atoms with Gasteiger partial charge in [-0.1, -0.05) is 29.8 Å². The Bertz CT molecular complexity index is 1050. The minimum absolute atomic E-state index is 0.0904. The van der Waals surface area contributed by atoms with Crippen LogP contribution < -0.4 is 16.7 Å². The van der Waals surface area contributed by atoms with E-state index in [0.717, 1.165) is 16.8 Å². The van der Waals surface area contributed by atoms with Crippen molar-refractivity contribution in [3.05, 3.63) is 74.3 Å². The van der Waals surface area contributed by atoms with Crippen LogP contribution in [0, 0.1) is 6.92 Å². The molecular weight excluding hydrogens is 344 g/mol. The Kier molecular flexibility index (Phi) is 4.39. The topological polar surface area (TPSA) is 97.6 Å². The van der Waals surface area contributed by atoms with Crippen LogP contribution in [-0.2, 0) is 13.0 Å². The number of hydrogen-bond acceptors (Lipinski definition) is 5. The third-order valence-corrected chi connectivity index (χ3v) is 5.04. The molecule has 0 aliphatic carbocycles. The van der Waals surface area contributed by atoms with E-state index in [0.29, 0.717) is 19.4 Å². The maximum atomic E-state index is 12.6. The molecule has 27 heavy (non-hydrogen) atoms. The van der Waals surface area contributed by atoms with Gasteiger partial charge in [0.05, 0.1) is 12.1 Å². The van der Waals surface area contributed by atoms with Crippen molar-refractivity contribution in [1.29, 1.82) is 0 Å². The standard InChI is InChI=1S/C19H22N6O2/c1-12-4-3-5-14(10-12)13(2)21-17-22-18(26)25(19(27)23-17)16-7-9-24-15(11-16)6-8-20-24/h3-6,8,10,13,16H,7,9,11H2,1-2H3,(H2,21,22,23,26,27)/t13-,16?/m0/s1. The van der Waals surface area contributed by atoms with E-state index in [-0.39, 0.29) is 18.0 Å². The van der Waals surface area contributed by atoms with Gasteiger partial charge in [-0.3, -0.25) is 9.67 Å². The minimum atomic E-state index is -0.532. The van der Waals surface area contributed by atoms with E-state index in [1.807, 2.05) is 42.8 Å². The molecule has 0 radical (unpaired) electrons. The molecule has 0 saturated heterocycles. The van der Waals surface area contributed by atoms with Crippen LogP contribution in [0.5, 0.6) is 0 Å². The van der Waals surface area contributed by atoms with E-state index in [1.165, 1.54) is 4.57 Å². The largest absolute Gasteiger partial charge is 0.355 e. The number of nitrogens with zero attached hydrogens (tertiary/aromatic N) is 4. The highest BCUT2D eigenvalue weighted by molar-refractivity contribution is 5.32. The molecule has 0 amide bonds. The fraction of sp³-hybridized carbons (Fsp3) is 0.368. The summed E-state index contributed by atoms with van der Waals surface area (Å²) in [5.41, 5.74) is 2.26. The van der Waals surface area contributed by atoms with Gasteiger partial charge < -0.3 is 5.32 Å². The SMILES string of the molecule is Cc1cccc([C@H](C)Nc2nc(=O)n(C3CCn4nccc4C3)c(=O)[nH]2)c1. The van der Waals surface area contributed by atoms with Crippen LogP contribution in [-0.4, -0.2) is 24.3 Å². The van der Waals surface area contributed by atoms with Crippen molar-refractivity contribution in [3.63, 3.8) is 0 Å². The van der Waals surface area contributed by atoms with Crippen LogP contribution >= 0.6 is 0 Å². The van der Waals surface area contributed by atoms with Crippen LogP contribution in [0.15, 0.2) is 46.1 Å². The summed E-state index contributed by atoms with van der Waals surface area (Å²) in [7, 11) is 0. The third-order valence-electron chi connectivity index (χ3n) is 5.04. The van der Waals surface area contributed by atoms with Crippen molar-refractivity contribution in [1.82, 2.24) is 24.3 Å². The van der Waals surface area contributed by atoms with Crippen LogP contribution in [0.1, 0.15) is 42.2 Å². The second-order valence-corrected chi connectivity index (χ2v) is 7.02. The molecule has 2 atom stereocenters. The Morgan fingerprint density at radius 3 is 2.93 bits per heavy atom. The molecule has 3 heterocycles. The fourth-order valence-corrected chi connectivity index (χ4v) is 3.61. The summed E-state index contributed by atoms with van der Waals surface area (Å²) in [4.78, 5) is 31.9. The normalized spacial score (nSPS) is 17.3. The second kappa shape index (κ2) is 6.86. The molecule has 8 heteroatoms. The molecule has 140 valence electrons. The van der Waals surface area contributed by atoms with Gasteiger partial charge in [0.15, 0.2) is 0 Å². The van der Waals surface area contributed by atoms with Gasteiger partial charge in [-0.2, -0.15) is 10.1 Å². The molecule has 0 bridgehead atoms. The lowest BCUT2D eigenvalue weighted by molar-refractivity contribution is 0.342. The molecular formula is C19H22N6O2. The molecule has 2 aromatic heterocycles. The number of fused-ring (bicyclic) bond motifs is 1. The summed E-state index contributed by atoms with van der Waals surface area (Å²) < 4.78 is 3.13. The highest BCUT2D eigenvalue weighted by Crippen LogP contribution is 2.22. The highest BCUT2D eigenvalue weighted by atomic mass is 16.2. The van der Waals surface area contributed by atoms with Gasteiger partial charge in [-0.25, -0.2) is 14.2 Å². The number of aryl methyl sites for hydroxylation is 2. The number of aromatic nitrogens is 5. The van der Waals surface area contributed by atoms with Gasteiger partial charge in [-0.15, -0.1) is 0 Å². The summed E-state index contributed by atoms with van der Waals surface area (Å²) in [5.74, 6) is 0.191. The first-order valence-corrected chi connectivity index (χ1v) is 9.08. The number of H-pyrrole nitrogens is 1. The van der Waals surface area contributed by atoms with Gasteiger partial charge in [0, 0.05) is 24.9 Å². The van der Waals surface area contributed by atoms with Crippen molar-refractivity contribution in [3.8, 4) is 0 Å². The molecule has 4 rings (SSSR count). The average Bonchev–Trinajstić information content (AvgIpc) is 3.09. The first kappa shape index (κ1) is 17.3. The molecule has 1 aliphatic heterocycles. The smallest absolute Gasteiger partial charge is 0.349 e. The lowest BCUT2D eigenvalue weighted by atomic mass is 10.0. The third kappa shape index (κ3) is 3.42. The fourth-order valence-electron chi connectivity index (χ4n) is 3.61. The Morgan fingerprint density at radius 1 is 1.30 bits per heavy atom. The molecule has 1 aliphatic rings. The quantitative estimate of drug-likeness (QED) is 0.734. The summed E-state index contributed by atoms with van der Waals surface area (Å²) >= 11 is 0. The number of anilines is 1. The van der Waals surface area contributed by atoms with Gasteiger partial charge >= 0.3 is 11.4 Å². The number of nitrogens with one attached hydrogen (secondary N) is 2. The van der Waals surface area contributed by atoms with E-state index in [9.17, 15) is 9.59 Å². The maximum absolute atomic E-state index is 12.6.